The van der Waals surface area contributed by atoms with Crippen molar-refractivity contribution in [2.24, 2.45) is 5.92 Å². The molecule has 1 unspecified atom stereocenters. The molecule has 1 atom stereocenters. The third-order valence-electron chi connectivity index (χ3n) is 2.88. The summed E-state index contributed by atoms with van der Waals surface area (Å²) in [5.41, 5.74) is 0.879. The molecule has 0 saturated heterocycles. The molecule has 0 bridgehead atoms. The van der Waals surface area contributed by atoms with E-state index in [2.05, 4.69) is 19.2 Å². The molecule has 0 spiro atoms. The van der Waals surface area contributed by atoms with E-state index >= 15 is 0 Å². The van der Waals surface area contributed by atoms with Crippen LogP contribution in [0.2, 0.25) is 0 Å². The number of hydrogen-bond donors (Lipinski definition) is 1. The van der Waals surface area contributed by atoms with Crippen LogP contribution >= 0.6 is 0 Å². The Morgan fingerprint density at radius 2 is 1.88 bits per heavy atom. The Morgan fingerprint density at radius 1 is 1.19 bits per heavy atom. The summed E-state index contributed by atoms with van der Waals surface area (Å²) in [7, 11) is 1.89. The molecule has 1 nitrogen and oxygen atoms in total. The van der Waals surface area contributed by atoms with E-state index in [1.807, 2.05) is 7.05 Å². The topological polar surface area (TPSA) is 12.0 Å². The monoisotopic (exact) mass is 227 g/mol. The van der Waals surface area contributed by atoms with E-state index in [-0.39, 0.29) is 5.92 Å². The van der Waals surface area contributed by atoms with Gasteiger partial charge in [0.15, 0.2) is 11.6 Å². The minimum Gasteiger partial charge on any atom is -0.320 e. The van der Waals surface area contributed by atoms with Crippen LogP contribution in [0.15, 0.2) is 18.2 Å². The highest BCUT2D eigenvalue weighted by molar-refractivity contribution is 5.22. The van der Waals surface area contributed by atoms with Gasteiger partial charge < -0.3 is 5.32 Å². The van der Waals surface area contributed by atoms with Crippen LogP contribution in [0, 0.1) is 17.6 Å². The second kappa shape index (κ2) is 5.94. The van der Waals surface area contributed by atoms with Crippen LogP contribution in [0.4, 0.5) is 8.78 Å². The van der Waals surface area contributed by atoms with Gasteiger partial charge in [-0.15, -0.1) is 0 Å². The van der Waals surface area contributed by atoms with Crippen molar-refractivity contribution in [2.45, 2.75) is 26.2 Å². The Kier molecular flexibility index (Phi) is 4.87. The van der Waals surface area contributed by atoms with Gasteiger partial charge in [0.05, 0.1) is 0 Å². The lowest BCUT2D eigenvalue weighted by Crippen LogP contribution is -2.16. The largest absolute Gasteiger partial charge is 0.320 e. The fourth-order valence-electron chi connectivity index (χ4n) is 1.93. The summed E-state index contributed by atoms with van der Waals surface area (Å²) in [6, 6.07) is 4.20. The van der Waals surface area contributed by atoms with E-state index < -0.39 is 11.6 Å². The molecule has 16 heavy (non-hydrogen) atoms. The van der Waals surface area contributed by atoms with Crippen LogP contribution in [0.5, 0.6) is 0 Å². The molecule has 0 amide bonds. The van der Waals surface area contributed by atoms with Gasteiger partial charge in [0.1, 0.15) is 0 Å². The normalized spacial score (nSPS) is 13.1. The van der Waals surface area contributed by atoms with Crippen LogP contribution in [0.1, 0.15) is 31.7 Å². The van der Waals surface area contributed by atoms with Crippen molar-refractivity contribution >= 4 is 0 Å². The van der Waals surface area contributed by atoms with Gasteiger partial charge in [-0.1, -0.05) is 19.9 Å². The first-order valence-corrected chi connectivity index (χ1v) is 5.65. The Labute approximate surface area is 95.9 Å². The SMILES string of the molecule is CNCCC(c1ccc(F)c(F)c1)C(C)C. The molecule has 3 heteroatoms. The molecule has 1 aromatic rings. The fourth-order valence-corrected chi connectivity index (χ4v) is 1.93. The highest BCUT2D eigenvalue weighted by Crippen LogP contribution is 2.28. The Bertz CT molecular complexity index is 337. The molecule has 0 aliphatic heterocycles. The van der Waals surface area contributed by atoms with E-state index in [1.54, 1.807) is 6.07 Å². The first-order valence-electron chi connectivity index (χ1n) is 5.65. The number of rotatable bonds is 5. The predicted octanol–water partition coefficient (Wildman–Crippen LogP) is 3.31. The molecule has 0 aliphatic carbocycles. The third-order valence-corrected chi connectivity index (χ3v) is 2.88. The molecule has 0 saturated carbocycles. The van der Waals surface area contributed by atoms with Crippen molar-refractivity contribution in [1.82, 2.24) is 5.32 Å². The number of halogens is 2. The zero-order valence-corrected chi connectivity index (χ0v) is 10.1. The highest BCUT2D eigenvalue weighted by atomic mass is 19.2. The molecule has 1 N–H and O–H groups in total. The van der Waals surface area contributed by atoms with Gasteiger partial charge in [-0.25, -0.2) is 8.78 Å². The zero-order chi connectivity index (χ0) is 12.1. The predicted molar refractivity (Wildman–Crippen MR) is 62.5 cm³/mol. The molecule has 1 aromatic carbocycles. The summed E-state index contributed by atoms with van der Waals surface area (Å²) in [6.07, 6.45) is 0.930. The smallest absolute Gasteiger partial charge is 0.159 e. The molecule has 0 radical (unpaired) electrons. The minimum absolute atomic E-state index is 0.266. The quantitative estimate of drug-likeness (QED) is 0.813. The first kappa shape index (κ1) is 13.1. The van der Waals surface area contributed by atoms with E-state index in [0.29, 0.717) is 5.92 Å². The van der Waals surface area contributed by atoms with Crippen LogP contribution < -0.4 is 5.32 Å². The summed E-state index contributed by atoms with van der Waals surface area (Å²) < 4.78 is 26.0. The summed E-state index contributed by atoms with van der Waals surface area (Å²) in [6.45, 7) is 5.07. The van der Waals surface area contributed by atoms with Crippen molar-refractivity contribution in [1.29, 1.82) is 0 Å². The molecule has 0 aromatic heterocycles. The minimum atomic E-state index is -0.778. The van der Waals surface area contributed by atoms with Gasteiger partial charge in [-0.3, -0.25) is 0 Å². The number of nitrogens with one attached hydrogen (secondary N) is 1. The van der Waals surface area contributed by atoms with Crippen molar-refractivity contribution in [3.8, 4) is 0 Å². The second-order valence-electron chi connectivity index (χ2n) is 4.42. The lowest BCUT2D eigenvalue weighted by atomic mass is 9.86. The van der Waals surface area contributed by atoms with Gasteiger partial charge in [0, 0.05) is 0 Å². The standard InChI is InChI=1S/C13H19F2N/c1-9(2)11(6-7-16-3)10-4-5-12(14)13(15)8-10/h4-5,8-9,11,16H,6-7H2,1-3H3. The molecular weight excluding hydrogens is 208 g/mol. The van der Waals surface area contributed by atoms with Crippen LogP contribution in [0.3, 0.4) is 0 Å². The average molecular weight is 227 g/mol. The molecule has 1 rings (SSSR count). The lowest BCUT2D eigenvalue weighted by Gasteiger charge is -2.21. The maximum absolute atomic E-state index is 13.1. The van der Waals surface area contributed by atoms with E-state index in [9.17, 15) is 8.78 Å². The molecule has 90 valence electrons. The van der Waals surface area contributed by atoms with E-state index in [4.69, 9.17) is 0 Å². The Hall–Kier alpha value is -0.960. The summed E-state index contributed by atoms with van der Waals surface area (Å²) >= 11 is 0. The fraction of sp³-hybridized carbons (Fsp3) is 0.538. The molecular formula is C13H19F2N. The van der Waals surface area contributed by atoms with Crippen LogP contribution in [-0.4, -0.2) is 13.6 Å². The first-order chi connectivity index (χ1) is 7.56. The summed E-state index contributed by atoms with van der Waals surface area (Å²) in [5.74, 6) is -0.853. The third kappa shape index (κ3) is 3.27. The summed E-state index contributed by atoms with van der Waals surface area (Å²) in [5, 5.41) is 3.08. The zero-order valence-electron chi connectivity index (χ0n) is 10.1. The molecule has 0 fully saturated rings. The maximum atomic E-state index is 13.1. The molecule has 0 heterocycles. The van der Waals surface area contributed by atoms with E-state index in [0.717, 1.165) is 18.5 Å². The van der Waals surface area contributed by atoms with Gasteiger partial charge in [0.25, 0.3) is 0 Å². The second-order valence-corrected chi connectivity index (χ2v) is 4.42. The number of hydrogen-bond acceptors (Lipinski definition) is 1. The van der Waals surface area contributed by atoms with E-state index in [1.165, 1.54) is 12.1 Å². The van der Waals surface area contributed by atoms with Crippen LogP contribution in [0.25, 0.3) is 0 Å². The van der Waals surface area contributed by atoms with Crippen LogP contribution in [-0.2, 0) is 0 Å². The van der Waals surface area contributed by atoms with Gasteiger partial charge in [-0.05, 0) is 49.5 Å². The number of benzene rings is 1. The summed E-state index contributed by atoms with van der Waals surface area (Å²) in [4.78, 5) is 0. The van der Waals surface area contributed by atoms with Crippen molar-refractivity contribution < 1.29 is 8.78 Å². The maximum Gasteiger partial charge on any atom is 0.159 e. The van der Waals surface area contributed by atoms with Gasteiger partial charge >= 0.3 is 0 Å². The Balaban J connectivity index is 2.88. The average Bonchev–Trinajstić information content (AvgIpc) is 2.23. The van der Waals surface area contributed by atoms with Gasteiger partial charge in [0.2, 0.25) is 0 Å². The van der Waals surface area contributed by atoms with Crippen molar-refractivity contribution in [3.05, 3.63) is 35.4 Å². The highest BCUT2D eigenvalue weighted by Gasteiger charge is 2.16. The van der Waals surface area contributed by atoms with Gasteiger partial charge in [-0.2, -0.15) is 0 Å². The van der Waals surface area contributed by atoms with Crippen molar-refractivity contribution in [3.63, 3.8) is 0 Å². The Morgan fingerprint density at radius 3 is 2.38 bits per heavy atom. The van der Waals surface area contributed by atoms with Crippen molar-refractivity contribution in [2.75, 3.05) is 13.6 Å². The lowest BCUT2D eigenvalue weighted by molar-refractivity contribution is 0.452. The molecule has 0 aliphatic rings.